The van der Waals surface area contributed by atoms with Crippen LogP contribution < -0.4 is 39.1 Å². The summed E-state index contributed by atoms with van der Waals surface area (Å²) >= 11 is 4.96. The van der Waals surface area contributed by atoms with Gasteiger partial charge in [-0.15, -0.1) is 0 Å². The number of nitrogens with two attached hydrogens (primary N) is 4. The molecule has 2 aromatic carbocycles. The van der Waals surface area contributed by atoms with Crippen molar-refractivity contribution in [1.29, 1.82) is 0 Å². The molecule has 2 aliphatic rings. The number of primary amides is 2. The second kappa shape index (κ2) is 25.4. The van der Waals surface area contributed by atoms with Crippen molar-refractivity contribution >= 4 is 58.0 Å². The minimum atomic E-state index is -0.735. The summed E-state index contributed by atoms with van der Waals surface area (Å²) in [5.41, 5.74) is 18.1. The molecule has 4 aromatic heterocycles. The number of hydrogen-bond donors (Lipinski definition) is 7. The summed E-state index contributed by atoms with van der Waals surface area (Å²) in [4.78, 5) is 91.9. The van der Waals surface area contributed by atoms with Gasteiger partial charge in [0.25, 0.3) is 23.6 Å². The third-order valence-corrected chi connectivity index (χ3v) is 12.1. The normalized spacial score (nSPS) is 14.9. The molecular weight excluding hydrogens is 976 g/mol. The zero-order valence-electron chi connectivity index (χ0n) is 42.8. The molecule has 0 unspecified atom stereocenters. The summed E-state index contributed by atoms with van der Waals surface area (Å²) in [5, 5.41) is 8.52. The fourth-order valence-electron chi connectivity index (χ4n) is 8.49. The molecule has 2 fully saturated rings. The maximum atomic E-state index is 12.9. The van der Waals surface area contributed by atoms with Crippen molar-refractivity contribution in [2.24, 2.45) is 11.5 Å². The first-order valence-electron chi connectivity index (χ1n) is 24.3. The number of rotatable bonds is 12. The van der Waals surface area contributed by atoms with Crippen LogP contribution >= 0.6 is 11.6 Å². The molecule has 8 rings (SSSR count). The monoisotopic (exact) mass is 1040 g/mol. The number of carbonyl (C=O) groups is 6. The number of halogens is 1. The lowest BCUT2D eigenvalue weighted by molar-refractivity contribution is -0.130. The van der Waals surface area contributed by atoms with Crippen LogP contribution in [0.15, 0.2) is 108 Å². The van der Waals surface area contributed by atoms with Crippen LogP contribution in [0.1, 0.15) is 143 Å². The standard InChI is InChI=1S/C27H31N7O3.C22H25N7O2.C5H7ClO/c1-16(2)14-22(35)33-13-5-4-6-20(33)26-32-23(24(25(28)36)34(26)29)18-7-9-19(10-8-18)27(37)31-21-15-17(3)11-12-30-21;1-13-9-11-26-17(12-13)27-22(31)15-7-5-14(6-8-15)18-19(20(23)30)29(24)21(28-18)16-4-2-3-10-25-16;1-4(2)3-5(6)7/h7-12,14-15,20H,4-6,13,29H2,1-3H3,(H2,28,36)(H,30,31,37);5-9,11-12,16,25H,2-4,10,24H2,1H3,(H2,23,30)(H,26,27,31);3H,1-2H3/t20-;16-;/m00./s1. The summed E-state index contributed by atoms with van der Waals surface area (Å²) in [6.45, 7) is 12.7. The highest BCUT2D eigenvalue weighted by atomic mass is 35.5. The van der Waals surface area contributed by atoms with Crippen LogP contribution in [0.3, 0.4) is 0 Å². The number of piperidine rings is 2. The molecule has 75 heavy (non-hydrogen) atoms. The van der Waals surface area contributed by atoms with Gasteiger partial charge in [0.2, 0.25) is 11.1 Å². The molecule has 0 saturated carbocycles. The zero-order chi connectivity index (χ0) is 54.5. The summed E-state index contributed by atoms with van der Waals surface area (Å²) in [6.07, 6.45) is 11.7. The van der Waals surface area contributed by atoms with Crippen molar-refractivity contribution in [1.82, 2.24) is 39.5 Å². The van der Waals surface area contributed by atoms with E-state index < -0.39 is 17.1 Å². The molecule has 11 N–H and O–H groups in total. The van der Waals surface area contributed by atoms with E-state index in [-0.39, 0.29) is 41.2 Å². The highest BCUT2D eigenvalue weighted by Crippen LogP contribution is 2.34. The Bertz CT molecular complexity index is 3130. The summed E-state index contributed by atoms with van der Waals surface area (Å²) in [5.74, 6) is 12.3. The molecule has 0 bridgehead atoms. The lowest BCUT2D eigenvalue weighted by Crippen LogP contribution is -2.40. The molecule has 2 aliphatic heterocycles. The van der Waals surface area contributed by atoms with Crippen LogP contribution in [-0.4, -0.2) is 82.1 Å². The molecule has 2 atom stereocenters. The van der Waals surface area contributed by atoms with Gasteiger partial charge in [0.15, 0.2) is 17.2 Å². The van der Waals surface area contributed by atoms with E-state index >= 15 is 0 Å². The van der Waals surface area contributed by atoms with Gasteiger partial charge in [-0.3, -0.25) is 28.8 Å². The molecule has 0 aliphatic carbocycles. The number of pyridine rings is 2. The minimum absolute atomic E-state index is 0.0301. The molecule has 2 saturated heterocycles. The SMILES string of the molecule is CC(C)=CC(=O)Cl.CC(C)=CC(=O)N1CCCC[C@H]1c1nc(-c2ccc(C(=O)Nc3cc(C)ccn3)cc2)c(C(N)=O)n1N.Cc1ccnc(NC(=O)c2ccc(-c3nc([C@@H]4CCCCN4)n(N)c3C(N)=O)cc2)c1. The lowest BCUT2D eigenvalue weighted by Gasteiger charge is -2.34. The van der Waals surface area contributed by atoms with Crippen molar-refractivity contribution in [3.05, 3.63) is 154 Å². The van der Waals surface area contributed by atoms with Crippen LogP contribution in [0.25, 0.3) is 22.5 Å². The van der Waals surface area contributed by atoms with Crippen molar-refractivity contribution < 1.29 is 28.8 Å². The Morgan fingerprint density at radius 2 is 1.11 bits per heavy atom. The van der Waals surface area contributed by atoms with Gasteiger partial charge in [-0.25, -0.2) is 29.3 Å². The number of imidazole rings is 2. The largest absolute Gasteiger partial charge is 0.364 e. The quantitative estimate of drug-likeness (QED) is 0.0363. The van der Waals surface area contributed by atoms with Gasteiger partial charge in [-0.2, -0.15) is 0 Å². The Labute approximate surface area is 440 Å². The van der Waals surface area contributed by atoms with Gasteiger partial charge in [-0.05, 0) is 158 Å². The molecule has 6 aromatic rings. The Hall–Kier alpha value is -8.49. The van der Waals surface area contributed by atoms with Gasteiger partial charge < -0.3 is 44.0 Å². The maximum Gasteiger partial charge on any atom is 0.269 e. The first kappa shape index (κ1) is 55.8. The molecule has 21 heteroatoms. The van der Waals surface area contributed by atoms with Crippen molar-refractivity contribution in [2.45, 2.75) is 92.2 Å². The van der Waals surface area contributed by atoms with Crippen molar-refractivity contribution in [3.8, 4) is 22.5 Å². The smallest absolute Gasteiger partial charge is 0.269 e. The van der Waals surface area contributed by atoms with E-state index in [0.717, 1.165) is 60.9 Å². The van der Waals surface area contributed by atoms with Gasteiger partial charge in [0.1, 0.15) is 28.8 Å². The first-order chi connectivity index (χ1) is 35.7. The van der Waals surface area contributed by atoms with E-state index in [1.165, 1.54) is 15.4 Å². The highest BCUT2D eigenvalue weighted by Gasteiger charge is 2.34. The number of likely N-dealkylation sites (tertiary alicyclic amines) is 1. The van der Waals surface area contributed by atoms with Gasteiger partial charge in [0, 0.05) is 47.3 Å². The molecule has 5 amide bonds. The summed E-state index contributed by atoms with van der Waals surface area (Å²) in [6, 6.07) is 20.3. The third kappa shape index (κ3) is 14.6. The molecule has 0 radical (unpaired) electrons. The number of benzene rings is 2. The van der Waals surface area contributed by atoms with Crippen molar-refractivity contribution in [2.75, 3.05) is 35.4 Å². The molecule has 0 spiro atoms. The number of amides is 5. The zero-order valence-corrected chi connectivity index (χ0v) is 43.6. The van der Waals surface area contributed by atoms with E-state index in [1.54, 1.807) is 84.0 Å². The number of anilines is 2. The second-order valence-electron chi connectivity index (χ2n) is 18.6. The number of hydrogen-bond acceptors (Lipinski definition) is 13. The predicted octanol–water partition coefficient (Wildman–Crippen LogP) is 7.19. The average Bonchev–Trinajstić information content (AvgIpc) is 3.91. The fourth-order valence-corrected chi connectivity index (χ4v) is 8.71. The van der Waals surface area contributed by atoms with Crippen LogP contribution in [0.4, 0.5) is 11.6 Å². The van der Waals surface area contributed by atoms with Gasteiger partial charge in [-0.1, -0.05) is 41.8 Å². The third-order valence-electron chi connectivity index (χ3n) is 12.0. The molecule has 6 heterocycles. The van der Waals surface area contributed by atoms with E-state index in [1.807, 2.05) is 53.7 Å². The van der Waals surface area contributed by atoms with Crippen LogP contribution in [0, 0.1) is 13.8 Å². The fraction of sp³-hybridized carbons (Fsp3) is 0.296. The number of nitrogen functional groups attached to an aromatic ring is 2. The lowest BCUT2D eigenvalue weighted by atomic mass is 10.0. The number of aryl methyl sites for hydroxylation is 2. The second-order valence-corrected chi connectivity index (χ2v) is 19.0. The number of nitrogens with zero attached hydrogens (tertiary/aromatic N) is 7. The topological polar surface area (TPSA) is 307 Å². The van der Waals surface area contributed by atoms with Crippen LogP contribution in [0.5, 0.6) is 0 Å². The van der Waals surface area contributed by atoms with Crippen LogP contribution in [-0.2, 0) is 9.59 Å². The number of carbonyl (C=O) groups excluding carboxylic acids is 6. The molecule has 20 nitrogen and oxygen atoms in total. The average molecular weight is 1040 g/mol. The van der Waals surface area contributed by atoms with E-state index in [2.05, 4.69) is 30.9 Å². The highest BCUT2D eigenvalue weighted by molar-refractivity contribution is 6.66. The molecule has 392 valence electrons. The van der Waals surface area contributed by atoms with E-state index in [0.29, 0.717) is 69.9 Å². The maximum absolute atomic E-state index is 12.9. The van der Waals surface area contributed by atoms with Gasteiger partial charge in [0.05, 0.1) is 12.1 Å². The predicted molar refractivity (Wildman–Crippen MR) is 289 cm³/mol. The van der Waals surface area contributed by atoms with Crippen LogP contribution in [0.2, 0.25) is 0 Å². The number of aromatic nitrogens is 6. The number of nitrogens with one attached hydrogen (secondary N) is 3. The minimum Gasteiger partial charge on any atom is -0.364 e. The summed E-state index contributed by atoms with van der Waals surface area (Å²) in [7, 11) is 0. The van der Waals surface area contributed by atoms with Crippen molar-refractivity contribution in [3.63, 3.8) is 0 Å². The first-order valence-corrected chi connectivity index (χ1v) is 24.7. The number of allylic oxidation sites excluding steroid dienone is 3. The van der Waals surface area contributed by atoms with E-state index in [4.69, 9.17) is 39.7 Å². The Morgan fingerprint density at radius 3 is 1.52 bits per heavy atom. The van der Waals surface area contributed by atoms with Gasteiger partial charge >= 0.3 is 0 Å². The Morgan fingerprint density at radius 1 is 0.640 bits per heavy atom. The van der Waals surface area contributed by atoms with E-state index in [9.17, 15) is 28.8 Å². The Balaban J connectivity index is 0.000000219. The summed E-state index contributed by atoms with van der Waals surface area (Å²) < 4.78 is 2.48. The Kier molecular flexibility index (Phi) is 18.9. The molecular formula is C54H63ClN14O6.